The first-order chi connectivity index (χ1) is 12.8. The van der Waals surface area contributed by atoms with Gasteiger partial charge in [0, 0.05) is 11.9 Å². The molecule has 1 aliphatic rings. The van der Waals surface area contributed by atoms with Crippen LogP contribution in [-0.2, 0) is 22.5 Å². The van der Waals surface area contributed by atoms with E-state index in [1.807, 2.05) is 25.1 Å². The van der Waals surface area contributed by atoms with Crippen molar-refractivity contribution < 1.29 is 9.68 Å². The van der Waals surface area contributed by atoms with Crippen LogP contribution in [0.2, 0.25) is 0 Å². The molecule has 26 heavy (non-hydrogen) atoms. The summed E-state index contributed by atoms with van der Waals surface area (Å²) in [7, 11) is 1.58. The van der Waals surface area contributed by atoms with Crippen LogP contribution in [0.4, 0.5) is 0 Å². The number of fused-ring (bicyclic) bond motifs is 1. The van der Waals surface area contributed by atoms with Gasteiger partial charge < -0.3 is 9.68 Å². The van der Waals surface area contributed by atoms with Gasteiger partial charge in [-0.15, -0.1) is 0 Å². The molecule has 3 rings (SSSR count). The fourth-order valence-electron chi connectivity index (χ4n) is 2.97. The average molecular weight is 352 g/mol. The van der Waals surface area contributed by atoms with Gasteiger partial charge in [-0.25, -0.2) is 0 Å². The maximum absolute atomic E-state index is 5.42. The van der Waals surface area contributed by atoms with Crippen LogP contribution in [-0.4, -0.2) is 35.1 Å². The fourth-order valence-corrected chi connectivity index (χ4v) is 2.97. The Morgan fingerprint density at radius 1 is 1.19 bits per heavy atom. The first-order valence-electron chi connectivity index (χ1n) is 8.95. The first kappa shape index (κ1) is 18.0. The fraction of sp³-hybridized carbons (Fsp3) is 0.400. The SMILES string of the molecule is CO/N=C1\CCCc2ccc(CCCO/N=C(\C)c3ccccn3)nc21. The predicted molar refractivity (Wildman–Crippen MR) is 101 cm³/mol. The second-order valence-corrected chi connectivity index (χ2v) is 6.21. The molecular formula is C20H24N4O2. The highest BCUT2D eigenvalue weighted by Crippen LogP contribution is 2.21. The number of hydrogen-bond donors (Lipinski definition) is 0. The van der Waals surface area contributed by atoms with E-state index in [9.17, 15) is 0 Å². The van der Waals surface area contributed by atoms with Crippen molar-refractivity contribution >= 4 is 11.4 Å². The van der Waals surface area contributed by atoms with Gasteiger partial charge in [0.15, 0.2) is 0 Å². The minimum absolute atomic E-state index is 0.544. The lowest BCUT2D eigenvalue weighted by atomic mass is 9.94. The summed E-state index contributed by atoms with van der Waals surface area (Å²) in [5.41, 5.74) is 5.83. The molecule has 0 fully saturated rings. The largest absolute Gasteiger partial charge is 0.399 e. The Kier molecular flexibility index (Phi) is 6.30. The van der Waals surface area contributed by atoms with E-state index in [-0.39, 0.29) is 0 Å². The molecular weight excluding hydrogens is 328 g/mol. The smallest absolute Gasteiger partial charge is 0.117 e. The van der Waals surface area contributed by atoms with Gasteiger partial charge in [-0.1, -0.05) is 22.4 Å². The molecule has 0 spiro atoms. The Bertz CT molecular complexity index is 788. The van der Waals surface area contributed by atoms with E-state index in [1.165, 1.54) is 5.56 Å². The molecule has 0 N–H and O–H groups in total. The third-order valence-electron chi connectivity index (χ3n) is 4.28. The Balaban J connectivity index is 1.53. The van der Waals surface area contributed by atoms with Crippen molar-refractivity contribution in [2.45, 2.75) is 39.0 Å². The van der Waals surface area contributed by atoms with Gasteiger partial charge in [0.05, 0.1) is 11.4 Å². The van der Waals surface area contributed by atoms with Crippen molar-refractivity contribution in [3.8, 4) is 0 Å². The van der Waals surface area contributed by atoms with Crippen LogP contribution >= 0.6 is 0 Å². The summed E-state index contributed by atoms with van der Waals surface area (Å²) in [6, 6.07) is 9.98. The van der Waals surface area contributed by atoms with E-state index in [2.05, 4.69) is 27.4 Å². The minimum atomic E-state index is 0.544. The standard InChI is InChI=1S/C20H24N4O2/c1-15(18-9-3-4-13-21-18)23-26-14-6-8-17-12-11-16-7-5-10-19(24-25-2)20(16)22-17/h3-4,9,11-13H,5-8,10,14H2,1-2H3/b23-15+,24-19+. The third-order valence-corrected chi connectivity index (χ3v) is 4.28. The van der Waals surface area contributed by atoms with Crippen LogP contribution in [0.15, 0.2) is 46.8 Å². The number of aryl methyl sites for hydroxylation is 2. The molecule has 2 aromatic rings. The lowest BCUT2D eigenvalue weighted by molar-refractivity contribution is 0.141. The Morgan fingerprint density at radius 2 is 2.12 bits per heavy atom. The first-order valence-corrected chi connectivity index (χ1v) is 8.95. The van der Waals surface area contributed by atoms with Gasteiger partial charge in [0.25, 0.3) is 0 Å². The molecule has 0 bridgehead atoms. The molecule has 2 aromatic heterocycles. The number of oxime groups is 2. The molecule has 0 saturated carbocycles. The van der Waals surface area contributed by atoms with E-state index in [4.69, 9.17) is 14.7 Å². The Hall–Kier alpha value is -2.76. The second kappa shape index (κ2) is 9.08. The van der Waals surface area contributed by atoms with Gasteiger partial charge in [-0.3, -0.25) is 9.97 Å². The summed E-state index contributed by atoms with van der Waals surface area (Å²) in [5.74, 6) is 0. The molecule has 2 heterocycles. The minimum Gasteiger partial charge on any atom is -0.399 e. The third kappa shape index (κ3) is 4.65. The summed E-state index contributed by atoms with van der Waals surface area (Å²) in [6.07, 6.45) is 6.50. The molecule has 136 valence electrons. The zero-order valence-electron chi connectivity index (χ0n) is 15.3. The van der Waals surface area contributed by atoms with Crippen LogP contribution in [0.5, 0.6) is 0 Å². The molecule has 0 unspecified atom stereocenters. The monoisotopic (exact) mass is 352 g/mol. The van der Waals surface area contributed by atoms with Crippen molar-refractivity contribution in [1.82, 2.24) is 9.97 Å². The number of rotatable bonds is 7. The van der Waals surface area contributed by atoms with Gasteiger partial charge in [-0.05, 0) is 62.8 Å². The average Bonchev–Trinajstić information content (AvgIpc) is 2.69. The Labute approximate surface area is 153 Å². The zero-order chi connectivity index (χ0) is 18.2. The predicted octanol–water partition coefficient (Wildman–Crippen LogP) is 3.54. The summed E-state index contributed by atoms with van der Waals surface area (Å²) >= 11 is 0. The van der Waals surface area contributed by atoms with Crippen molar-refractivity contribution in [2.75, 3.05) is 13.7 Å². The summed E-state index contributed by atoms with van der Waals surface area (Å²) in [6.45, 7) is 2.44. The van der Waals surface area contributed by atoms with E-state index >= 15 is 0 Å². The van der Waals surface area contributed by atoms with Crippen molar-refractivity contribution in [1.29, 1.82) is 0 Å². The van der Waals surface area contributed by atoms with Gasteiger partial charge in [0.1, 0.15) is 25.1 Å². The van der Waals surface area contributed by atoms with Gasteiger partial charge in [-0.2, -0.15) is 0 Å². The highest BCUT2D eigenvalue weighted by Gasteiger charge is 2.18. The zero-order valence-corrected chi connectivity index (χ0v) is 15.3. The van der Waals surface area contributed by atoms with E-state index in [1.54, 1.807) is 13.3 Å². The number of nitrogens with zero attached hydrogens (tertiary/aromatic N) is 4. The highest BCUT2D eigenvalue weighted by molar-refractivity contribution is 6.00. The highest BCUT2D eigenvalue weighted by atomic mass is 16.6. The quantitative estimate of drug-likeness (QED) is 0.434. The van der Waals surface area contributed by atoms with Crippen LogP contribution in [0.25, 0.3) is 0 Å². The maximum Gasteiger partial charge on any atom is 0.117 e. The molecule has 1 aliphatic carbocycles. The van der Waals surface area contributed by atoms with Crippen LogP contribution in [0.1, 0.15) is 48.8 Å². The van der Waals surface area contributed by atoms with Crippen molar-refractivity contribution in [3.05, 3.63) is 59.2 Å². The van der Waals surface area contributed by atoms with Gasteiger partial charge in [0.2, 0.25) is 0 Å². The second-order valence-electron chi connectivity index (χ2n) is 6.21. The van der Waals surface area contributed by atoms with E-state index < -0.39 is 0 Å². The van der Waals surface area contributed by atoms with E-state index in [0.29, 0.717) is 6.61 Å². The molecule has 0 radical (unpaired) electrons. The van der Waals surface area contributed by atoms with Crippen molar-refractivity contribution in [2.24, 2.45) is 10.3 Å². The summed E-state index contributed by atoms with van der Waals surface area (Å²) < 4.78 is 0. The van der Waals surface area contributed by atoms with Crippen LogP contribution in [0, 0.1) is 0 Å². The normalized spacial score (nSPS) is 15.6. The topological polar surface area (TPSA) is 69.0 Å². The van der Waals surface area contributed by atoms with Gasteiger partial charge >= 0.3 is 0 Å². The molecule has 0 saturated heterocycles. The van der Waals surface area contributed by atoms with E-state index in [0.717, 1.165) is 60.6 Å². The number of pyridine rings is 2. The summed E-state index contributed by atoms with van der Waals surface area (Å²) in [4.78, 5) is 19.4. The molecule has 6 nitrogen and oxygen atoms in total. The molecule has 0 atom stereocenters. The summed E-state index contributed by atoms with van der Waals surface area (Å²) in [5, 5.41) is 8.26. The number of aromatic nitrogens is 2. The maximum atomic E-state index is 5.42. The Morgan fingerprint density at radius 3 is 2.92 bits per heavy atom. The lowest BCUT2D eigenvalue weighted by Gasteiger charge is -2.17. The van der Waals surface area contributed by atoms with Crippen molar-refractivity contribution in [3.63, 3.8) is 0 Å². The molecule has 0 aromatic carbocycles. The van der Waals surface area contributed by atoms with Crippen LogP contribution < -0.4 is 0 Å². The van der Waals surface area contributed by atoms with Crippen LogP contribution in [0.3, 0.4) is 0 Å². The number of hydrogen-bond acceptors (Lipinski definition) is 6. The molecule has 0 amide bonds. The molecule has 6 heteroatoms. The lowest BCUT2D eigenvalue weighted by Crippen LogP contribution is -2.15. The molecule has 0 aliphatic heterocycles.